The lowest BCUT2D eigenvalue weighted by atomic mass is 10.0. The Labute approximate surface area is 96.3 Å². The molecule has 0 atom stereocenters. The van der Waals surface area contributed by atoms with Crippen LogP contribution in [0.1, 0.15) is 25.0 Å². The molecule has 0 bridgehead atoms. The van der Waals surface area contributed by atoms with Crippen LogP contribution in [-0.2, 0) is 0 Å². The fraction of sp³-hybridized carbons (Fsp3) is 0.308. The zero-order chi connectivity index (χ0) is 12.3. The summed E-state index contributed by atoms with van der Waals surface area (Å²) in [6.07, 6.45) is 0. The molecule has 0 heterocycles. The van der Waals surface area contributed by atoms with E-state index < -0.39 is 0 Å². The molecule has 3 heteroatoms. The predicted molar refractivity (Wildman–Crippen MR) is 68.7 cm³/mol. The molecule has 0 fully saturated rings. The van der Waals surface area contributed by atoms with Gasteiger partial charge >= 0.3 is 0 Å². The molecule has 86 valence electrons. The van der Waals surface area contributed by atoms with Crippen LogP contribution in [0.3, 0.4) is 0 Å². The first kappa shape index (κ1) is 12.3. The maximum Gasteiger partial charge on any atom is 0.118 e. The molecule has 0 aliphatic carbocycles. The van der Waals surface area contributed by atoms with Crippen molar-refractivity contribution in [3.8, 4) is 5.75 Å². The van der Waals surface area contributed by atoms with Gasteiger partial charge in [0.2, 0.25) is 0 Å². The molecule has 3 N–H and O–H groups in total. The zero-order valence-electron chi connectivity index (χ0n) is 10.2. The summed E-state index contributed by atoms with van der Waals surface area (Å²) in [7, 11) is 1.74. The Morgan fingerprint density at radius 3 is 2.44 bits per heavy atom. The fourth-order valence-corrected chi connectivity index (χ4v) is 1.40. The molecule has 16 heavy (non-hydrogen) atoms. The predicted octanol–water partition coefficient (Wildman–Crippen LogP) is 2.48. The first-order valence-electron chi connectivity index (χ1n) is 5.17. The molecule has 1 aromatic rings. The summed E-state index contributed by atoms with van der Waals surface area (Å²) in [5, 5.41) is 9.44. The van der Waals surface area contributed by atoms with E-state index in [0.29, 0.717) is 5.70 Å². The number of hydrogen-bond acceptors (Lipinski definition) is 3. The fourth-order valence-electron chi connectivity index (χ4n) is 1.40. The number of aliphatic imine (C=N–C) groups is 1. The Hall–Kier alpha value is -1.77. The lowest BCUT2D eigenvalue weighted by Crippen LogP contribution is -2.05. The quantitative estimate of drug-likeness (QED) is 0.749. The van der Waals surface area contributed by atoms with Gasteiger partial charge in [0, 0.05) is 18.5 Å². The van der Waals surface area contributed by atoms with Crippen molar-refractivity contribution in [3.63, 3.8) is 0 Å². The molecule has 0 amide bonds. The highest BCUT2D eigenvalue weighted by atomic mass is 16.3. The Morgan fingerprint density at radius 1 is 1.31 bits per heavy atom. The maximum atomic E-state index is 9.44. The maximum absolute atomic E-state index is 9.44. The number of nitrogens with zero attached hydrogens (tertiary/aromatic N) is 1. The Morgan fingerprint density at radius 2 is 1.94 bits per heavy atom. The number of phenolic OH excluding ortho intramolecular Hbond substituents is 1. The largest absolute Gasteiger partial charge is 0.508 e. The molecule has 0 aliphatic rings. The van der Waals surface area contributed by atoms with Gasteiger partial charge in [-0.1, -0.05) is 0 Å². The Balaban J connectivity index is 3.24. The molecular weight excluding hydrogens is 200 g/mol. The average molecular weight is 218 g/mol. The van der Waals surface area contributed by atoms with E-state index >= 15 is 0 Å². The number of rotatable bonds is 2. The van der Waals surface area contributed by atoms with Crippen LogP contribution in [0.4, 0.5) is 0 Å². The highest BCUT2D eigenvalue weighted by molar-refractivity contribution is 6.03. The third-order valence-electron chi connectivity index (χ3n) is 2.79. The summed E-state index contributed by atoms with van der Waals surface area (Å²) in [4.78, 5) is 4.10. The van der Waals surface area contributed by atoms with Crippen LogP contribution in [0.25, 0.3) is 5.70 Å². The van der Waals surface area contributed by atoms with Gasteiger partial charge < -0.3 is 10.8 Å². The number of aromatic hydroxyl groups is 1. The summed E-state index contributed by atoms with van der Waals surface area (Å²) in [6, 6.07) is 5.34. The van der Waals surface area contributed by atoms with Crippen molar-refractivity contribution in [2.75, 3.05) is 7.05 Å². The van der Waals surface area contributed by atoms with Gasteiger partial charge in [-0.2, -0.15) is 0 Å². The van der Waals surface area contributed by atoms with Crippen LogP contribution >= 0.6 is 0 Å². The lowest BCUT2D eigenvalue weighted by Gasteiger charge is -2.09. The van der Waals surface area contributed by atoms with Crippen molar-refractivity contribution < 1.29 is 5.11 Å². The third-order valence-corrected chi connectivity index (χ3v) is 2.79. The van der Waals surface area contributed by atoms with Crippen LogP contribution < -0.4 is 5.73 Å². The minimum atomic E-state index is 0.287. The van der Waals surface area contributed by atoms with Gasteiger partial charge in [-0.15, -0.1) is 0 Å². The van der Waals surface area contributed by atoms with Gasteiger partial charge in [-0.25, -0.2) is 0 Å². The van der Waals surface area contributed by atoms with Crippen molar-refractivity contribution in [3.05, 3.63) is 34.9 Å². The van der Waals surface area contributed by atoms with E-state index in [9.17, 15) is 5.11 Å². The number of nitrogens with two attached hydrogens (primary N) is 1. The van der Waals surface area contributed by atoms with Gasteiger partial charge in [-0.05, 0) is 55.7 Å². The molecule has 0 saturated carbocycles. The van der Waals surface area contributed by atoms with Crippen LogP contribution in [0.15, 0.2) is 28.8 Å². The SMILES string of the molecule is CN=C(C)C(C)=C(N)c1ccc(O)c(C)c1. The van der Waals surface area contributed by atoms with Crippen molar-refractivity contribution >= 4 is 11.4 Å². The van der Waals surface area contributed by atoms with Crippen molar-refractivity contribution in [2.24, 2.45) is 10.7 Å². The molecule has 0 radical (unpaired) electrons. The summed E-state index contributed by atoms with van der Waals surface area (Å²) < 4.78 is 0. The van der Waals surface area contributed by atoms with Crippen LogP contribution in [-0.4, -0.2) is 17.9 Å². The smallest absolute Gasteiger partial charge is 0.118 e. The summed E-state index contributed by atoms with van der Waals surface area (Å²) in [6.45, 7) is 5.72. The monoisotopic (exact) mass is 218 g/mol. The average Bonchev–Trinajstić information content (AvgIpc) is 2.29. The van der Waals surface area contributed by atoms with E-state index in [1.54, 1.807) is 13.1 Å². The van der Waals surface area contributed by atoms with Crippen molar-refractivity contribution in [2.45, 2.75) is 20.8 Å². The first-order chi connectivity index (χ1) is 7.47. The molecule has 1 rings (SSSR count). The molecule has 0 spiro atoms. The Bertz CT molecular complexity index is 459. The number of phenols is 1. The van der Waals surface area contributed by atoms with E-state index in [-0.39, 0.29) is 5.75 Å². The summed E-state index contributed by atoms with van der Waals surface area (Å²) in [5.74, 6) is 0.287. The van der Waals surface area contributed by atoms with E-state index in [0.717, 1.165) is 22.4 Å². The van der Waals surface area contributed by atoms with Gasteiger partial charge in [0.25, 0.3) is 0 Å². The second-order valence-electron chi connectivity index (χ2n) is 3.85. The van der Waals surface area contributed by atoms with Crippen LogP contribution in [0.2, 0.25) is 0 Å². The number of allylic oxidation sites excluding steroid dienone is 1. The normalized spacial score (nSPS) is 13.6. The molecule has 1 aromatic carbocycles. The molecule has 0 saturated heterocycles. The Kier molecular flexibility index (Phi) is 3.72. The minimum Gasteiger partial charge on any atom is -0.508 e. The molecule has 3 nitrogen and oxygen atoms in total. The van der Waals surface area contributed by atoms with Gasteiger partial charge in [0.15, 0.2) is 0 Å². The third kappa shape index (κ3) is 2.42. The molecular formula is C13H18N2O. The van der Waals surface area contributed by atoms with Gasteiger partial charge in [0.1, 0.15) is 5.75 Å². The van der Waals surface area contributed by atoms with Crippen LogP contribution in [0, 0.1) is 6.92 Å². The number of hydrogen-bond donors (Lipinski definition) is 2. The van der Waals surface area contributed by atoms with E-state index in [1.165, 1.54) is 0 Å². The van der Waals surface area contributed by atoms with Gasteiger partial charge in [0.05, 0.1) is 0 Å². The summed E-state index contributed by atoms with van der Waals surface area (Å²) in [5.41, 5.74) is 10.4. The number of benzene rings is 1. The van der Waals surface area contributed by atoms with Gasteiger partial charge in [-0.3, -0.25) is 4.99 Å². The highest BCUT2D eigenvalue weighted by Crippen LogP contribution is 2.21. The second kappa shape index (κ2) is 4.84. The van der Waals surface area contributed by atoms with E-state index in [4.69, 9.17) is 5.73 Å². The number of aryl methyl sites for hydroxylation is 1. The lowest BCUT2D eigenvalue weighted by molar-refractivity contribution is 0.471. The van der Waals surface area contributed by atoms with E-state index in [1.807, 2.05) is 32.9 Å². The first-order valence-corrected chi connectivity index (χ1v) is 5.17. The topological polar surface area (TPSA) is 58.6 Å². The standard InChI is InChI=1S/C13H18N2O/c1-8-7-11(5-6-12(8)16)13(14)9(2)10(3)15-4/h5-7,16H,14H2,1-4H3. The zero-order valence-corrected chi connectivity index (χ0v) is 10.2. The van der Waals surface area contributed by atoms with Crippen LogP contribution in [0.5, 0.6) is 5.75 Å². The van der Waals surface area contributed by atoms with Crippen molar-refractivity contribution in [1.82, 2.24) is 0 Å². The summed E-state index contributed by atoms with van der Waals surface area (Å²) >= 11 is 0. The molecule has 0 aromatic heterocycles. The van der Waals surface area contributed by atoms with Crippen molar-refractivity contribution in [1.29, 1.82) is 0 Å². The highest BCUT2D eigenvalue weighted by Gasteiger charge is 2.05. The minimum absolute atomic E-state index is 0.287. The second-order valence-corrected chi connectivity index (χ2v) is 3.85. The van der Waals surface area contributed by atoms with E-state index in [2.05, 4.69) is 4.99 Å². The molecule has 0 unspecified atom stereocenters. The molecule has 0 aliphatic heterocycles.